The van der Waals surface area contributed by atoms with Gasteiger partial charge in [0.1, 0.15) is 5.82 Å². The van der Waals surface area contributed by atoms with Crippen molar-refractivity contribution < 1.29 is 12.9 Å². The Labute approximate surface area is 140 Å². The molecule has 0 N–H and O–H groups in total. The Morgan fingerprint density at radius 3 is 2.46 bits per heavy atom. The van der Waals surface area contributed by atoms with Crippen LogP contribution in [0, 0.1) is 6.92 Å². The average molecular weight is 349 g/mol. The zero-order chi connectivity index (χ0) is 16.7. The summed E-state index contributed by atoms with van der Waals surface area (Å²) in [5.74, 6) is 1.87. The second-order valence-electron chi connectivity index (χ2n) is 6.17. The van der Waals surface area contributed by atoms with Crippen molar-refractivity contribution in [2.45, 2.75) is 25.0 Å². The lowest BCUT2D eigenvalue weighted by atomic mass is 10.2. The van der Waals surface area contributed by atoms with Crippen molar-refractivity contribution >= 4 is 15.8 Å². The SMILES string of the molecule is Cc1nc(-c2ccc(N3CCN(S(=O)(=O)C4CC4)CC3)nc2)no1. The molecule has 2 fully saturated rings. The molecule has 2 aromatic heterocycles. The molecule has 1 aliphatic heterocycles. The van der Waals surface area contributed by atoms with Crippen molar-refractivity contribution in [3.8, 4) is 11.4 Å². The standard InChI is InChI=1S/C15H19N5O3S/c1-11-17-15(18-23-11)12-2-5-14(16-10-12)19-6-8-20(9-7-19)24(21,22)13-3-4-13/h2,5,10,13H,3-4,6-9H2,1H3. The van der Waals surface area contributed by atoms with E-state index >= 15 is 0 Å². The normalized spacial score (nSPS) is 19.6. The van der Waals surface area contributed by atoms with E-state index in [-0.39, 0.29) is 5.25 Å². The molecule has 0 spiro atoms. The van der Waals surface area contributed by atoms with E-state index in [2.05, 4.69) is 20.0 Å². The van der Waals surface area contributed by atoms with E-state index in [9.17, 15) is 8.42 Å². The number of piperazine rings is 1. The molecule has 8 nitrogen and oxygen atoms in total. The third-order valence-corrected chi connectivity index (χ3v) is 6.80. The van der Waals surface area contributed by atoms with Crippen molar-refractivity contribution in [1.29, 1.82) is 0 Å². The minimum Gasteiger partial charge on any atom is -0.354 e. The van der Waals surface area contributed by atoms with Crippen molar-refractivity contribution in [3.05, 3.63) is 24.2 Å². The number of pyridine rings is 1. The quantitative estimate of drug-likeness (QED) is 0.814. The van der Waals surface area contributed by atoms with E-state index in [0.29, 0.717) is 37.9 Å². The topological polar surface area (TPSA) is 92.4 Å². The molecular weight excluding hydrogens is 330 g/mol. The summed E-state index contributed by atoms with van der Waals surface area (Å²) in [6.45, 7) is 4.09. The molecule has 1 saturated carbocycles. The first-order chi connectivity index (χ1) is 11.5. The predicted molar refractivity (Wildman–Crippen MR) is 88.0 cm³/mol. The van der Waals surface area contributed by atoms with Crippen LogP contribution in [-0.2, 0) is 10.0 Å². The van der Waals surface area contributed by atoms with Gasteiger partial charge in [-0.25, -0.2) is 13.4 Å². The predicted octanol–water partition coefficient (Wildman–Crippen LogP) is 1.05. The number of rotatable bonds is 4. The Morgan fingerprint density at radius 1 is 1.17 bits per heavy atom. The molecule has 0 atom stereocenters. The maximum absolute atomic E-state index is 12.3. The third-order valence-electron chi connectivity index (χ3n) is 4.40. The minimum atomic E-state index is -3.08. The minimum absolute atomic E-state index is 0.139. The largest absolute Gasteiger partial charge is 0.354 e. The van der Waals surface area contributed by atoms with Gasteiger partial charge in [-0.15, -0.1) is 0 Å². The number of aromatic nitrogens is 3. The molecule has 0 bridgehead atoms. The maximum Gasteiger partial charge on any atom is 0.223 e. The number of anilines is 1. The molecule has 9 heteroatoms. The molecular formula is C15H19N5O3S. The number of sulfonamides is 1. The maximum atomic E-state index is 12.3. The fraction of sp³-hybridized carbons (Fsp3) is 0.533. The Bertz CT molecular complexity index is 821. The highest BCUT2D eigenvalue weighted by Gasteiger charge is 2.41. The Hall–Kier alpha value is -2.00. The monoisotopic (exact) mass is 349 g/mol. The fourth-order valence-electron chi connectivity index (χ4n) is 2.87. The molecule has 1 aliphatic carbocycles. The van der Waals surface area contributed by atoms with Gasteiger partial charge >= 0.3 is 0 Å². The molecule has 2 aromatic rings. The molecule has 24 heavy (non-hydrogen) atoms. The highest BCUT2D eigenvalue weighted by molar-refractivity contribution is 7.90. The van der Waals surface area contributed by atoms with Gasteiger partial charge in [0, 0.05) is 44.9 Å². The summed E-state index contributed by atoms with van der Waals surface area (Å²) in [5, 5.41) is 3.74. The number of hydrogen-bond donors (Lipinski definition) is 0. The zero-order valence-corrected chi connectivity index (χ0v) is 14.2. The Kier molecular flexibility index (Phi) is 3.76. The van der Waals surface area contributed by atoms with Crippen molar-refractivity contribution in [1.82, 2.24) is 19.4 Å². The first kappa shape index (κ1) is 15.5. The molecule has 0 radical (unpaired) electrons. The van der Waals surface area contributed by atoms with E-state index in [1.807, 2.05) is 12.1 Å². The molecule has 4 rings (SSSR count). The average Bonchev–Trinajstić information content (AvgIpc) is 3.38. The second-order valence-corrected chi connectivity index (χ2v) is 8.39. The summed E-state index contributed by atoms with van der Waals surface area (Å²) >= 11 is 0. The van der Waals surface area contributed by atoms with Gasteiger partial charge in [-0.3, -0.25) is 0 Å². The molecule has 0 unspecified atom stereocenters. The highest BCUT2D eigenvalue weighted by atomic mass is 32.2. The smallest absolute Gasteiger partial charge is 0.223 e. The van der Waals surface area contributed by atoms with Crippen LogP contribution in [0.1, 0.15) is 18.7 Å². The van der Waals surface area contributed by atoms with Gasteiger partial charge in [0.15, 0.2) is 0 Å². The van der Waals surface area contributed by atoms with Gasteiger partial charge in [0.05, 0.1) is 5.25 Å². The van der Waals surface area contributed by atoms with Gasteiger partial charge in [0.2, 0.25) is 21.7 Å². The van der Waals surface area contributed by atoms with Gasteiger partial charge < -0.3 is 9.42 Å². The van der Waals surface area contributed by atoms with Crippen LogP contribution in [0.5, 0.6) is 0 Å². The molecule has 1 saturated heterocycles. The van der Waals surface area contributed by atoms with Gasteiger partial charge in [-0.2, -0.15) is 9.29 Å². The summed E-state index contributed by atoms with van der Waals surface area (Å²) in [6.07, 6.45) is 3.33. The van der Waals surface area contributed by atoms with Crippen molar-refractivity contribution in [3.63, 3.8) is 0 Å². The first-order valence-electron chi connectivity index (χ1n) is 8.05. The summed E-state index contributed by atoms with van der Waals surface area (Å²) in [6, 6.07) is 3.81. The van der Waals surface area contributed by atoms with Gasteiger partial charge in [-0.05, 0) is 25.0 Å². The van der Waals surface area contributed by atoms with Crippen LogP contribution in [0.2, 0.25) is 0 Å². The van der Waals surface area contributed by atoms with Crippen LogP contribution in [-0.4, -0.2) is 59.3 Å². The van der Waals surface area contributed by atoms with Crippen LogP contribution in [0.15, 0.2) is 22.9 Å². The summed E-state index contributed by atoms with van der Waals surface area (Å²) < 4.78 is 31.1. The van der Waals surface area contributed by atoms with Gasteiger partial charge in [0.25, 0.3) is 0 Å². The number of aryl methyl sites for hydroxylation is 1. The molecule has 0 amide bonds. The molecule has 128 valence electrons. The Morgan fingerprint density at radius 2 is 1.92 bits per heavy atom. The van der Waals surface area contributed by atoms with E-state index < -0.39 is 10.0 Å². The van der Waals surface area contributed by atoms with Crippen molar-refractivity contribution in [2.24, 2.45) is 0 Å². The van der Waals surface area contributed by atoms with E-state index in [1.54, 1.807) is 17.4 Å². The summed E-state index contributed by atoms with van der Waals surface area (Å²) in [7, 11) is -3.08. The second kappa shape index (κ2) is 5.82. The number of hydrogen-bond acceptors (Lipinski definition) is 7. The molecule has 3 heterocycles. The summed E-state index contributed by atoms with van der Waals surface area (Å²) in [5.41, 5.74) is 0.797. The lowest BCUT2D eigenvalue weighted by molar-refractivity contribution is 0.383. The lowest BCUT2D eigenvalue weighted by Gasteiger charge is -2.34. The van der Waals surface area contributed by atoms with Crippen LogP contribution in [0.25, 0.3) is 11.4 Å². The van der Waals surface area contributed by atoms with Crippen LogP contribution >= 0.6 is 0 Å². The molecule has 0 aromatic carbocycles. The molecule has 2 aliphatic rings. The van der Waals surface area contributed by atoms with E-state index in [0.717, 1.165) is 24.2 Å². The van der Waals surface area contributed by atoms with Gasteiger partial charge in [-0.1, -0.05) is 5.16 Å². The van der Waals surface area contributed by atoms with E-state index in [4.69, 9.17) is 4.52 Å². The fourth-order valence-corrected chi connectivity index (χ4v) is 4.70. The van der Waals surface area contributed by atoms with E-state index in [1.165, 1.54) is 0 Å². The zero-order valence-electron chi connectivity index (χ0n) is 13.4. The van der Waals surface area contributed by atoms with Crippen LogP contribution in [0.3, 0.4) is 0 Å². The van der Waals surface area contributed by atoms with Crippen LogP contribution in [0.4, 0.5) is 5.82 Å². The highest BCUT2D eigenvalue weighted by Crippen LogP contribution is 2.31. The van der Waals surface area contributed by atoms with Crippen molar-refractivity contribution in [2.75, 3.05) is 31.1 Å². The third kappa shape index (κ3) is 2.89. The van der Waals surface area contributed by atoms with Crippen LogP contribution < -0.4 is 4.90 Å². The first-order valence-corrected chi connectivity index (χ1v) is 9.55. The number of nitrogens with zero attached hydrogens (tertiary/aromatic N) is 5. The summed E-state index contributed by atoms with van der Waals surface area (Å²) in [4.78, 5) is 10.7. The lowest BCUT2D eigenvalue weighted by Crippen LogP contribution is -2.49. The Balaban J connectivity index is 1.42.